The molecular formula is C18H28F2N2O3S. The fourth-order valence-corrected chi connectivity index (χ4v) is 2.96. The van der Waals surface area contributed by atoms with Crippen LogP contribution in [0, 0.1) is 11.6 Å². The first-order valence-corrected chi connectivity index (χ1v) is 9.48. The van der Waals surface area contributed by atoms with Crippen LogP contribution in [0.2, 0.25) is 0 Å². The molecule has 1 aromatic carbocycles. The van der Waals surface area contributed by atoms with Crippen molar-refractivity contribution in [1.82, 2.24) is 10.0 Å². The quantitative estimate of drug-likeness (QED) is 0.746. The SMILES string of the molecule is C[C@H](NC(=O)OC(C)(C)C)[C@H](N[S@+]([O-])C(C)(C)C)c1ccc(F)c(F)c1. The number of rotatable bonds is 5. The molecule has 1 rings (SSSR count). The van der Waals surface area contributed by atoms with E-state index >= 15 is 0 Å². The lowest BCUT2D eigenvalue weighted by Crippen LogP contribution is -2.49. The molecule has 1 aromatic rings. The average molecular weight is 390 g/mol. The Balaban J connectivity index is 3.06. The highest BCUT2D eigenvalue weighted by atomic mass is 32.2. The molecule has 8 heteroatoms. The largest absolute Gasteiger partial charge is 0.598 e. The molecule has 0 aliphatic rings. The second-order valence-corrected chi connectivity index (χ2v) is 10.1. The van der Waals surface area contributed by atoms with Crippen molar-refractivity contribution in [2.24, 2.45) is 0 Å². The summed E-state index contributed by atoms with van der Waals surface area (Å²) in [5.41, 5.74) is -0.312. The summed E-state index contributed by atoms with van der Waals surface area (Å²) in [7, 11) is 0. The zero-order valence-electron chi connectivity index (χ0n) is 16.3. The van der Waals surface area contributed by atoms with Gasteiger partial charge in [0.2, 0.25) is 0 Å². The first kappa shape index (κ1) is 22.7. The Bertz CT molecular complexity index is 630. The second-order valence-electron chi connectivity index (χ2n) is 8.09. The number of amides is 1. The molecule has 5 nitrogen and oxygen atoms in total. The number of halogens is 2. The Kier molecular flexibility index (Phi) is 7.44. The molecule has 0 aliphatic heterocycles. The maximum absolute atomic E-state index is 13.7. The molecular weight excluding hydrogens is 362 g/mol. The fraction of sp³-hybridized carbons (Fsp3) is 0.611. The summed E-state index contributed by atoms with van der Waals surface area (Å²) < 4.78 is 47.0. The molecule has 0 radical (unpaired) electrons. The molecule has 0 fully saturated rings. The monoisotopic (exact) mass is 390 g/mol. The lowest BCUT2D eigenvalue weighted by atomic mass is 10.0. The van der Waals surface area contributed by atoms with Gasteiger partial charge in [0, 0.05) is 11.4 Å². The first-order valence-electron chi connectivity index (χ1n) is 8.33. The van der Waals surface area contributed by atoms with Crippen LogP contribution < -0.4 is 10.0 Å². The second kappa shape index (κ2) is 8.54. The van der Waals surface area contributed by atoms with Crippen molar-refractivity contribution in [2.45, 2.75) is 70.9 Å². The molecule has 0 saturated heterocycles. The van der Waals surface area contributed by atoms with Crippen LogP contribution in [0.5, 0.6) is 0 Å². The van der Waals surface area contributed by atoms with Gasteiger partial charge >= 0.3 is 6.09 Å². The number of carbonyl (C=O) groups is 1. The van der Waals surface area contributed by atoms with Crippen molar-refractivity contribution in [1.29, 1.82) is 0 Å². The van der Waals surface area contributed by atoms with Gasteiger partial charge in [0.15, 0.2) is 11.6 Å². The van der Waals surface area contributed by atoms with Crippen molar-refractivity contribution in [3.8, 4) is 0 Å². The minimum atomic E-state index is -1.49. The molecule has 26 heavy (non-hydrogen) atoms. The molecule has 0 heterocycles. The van der Waals surface area contributed by atoms with Crippen molar-refractivity contribution < 1.29 is 22.9 Å². The van der Waals surface area contributed by atoms with Gasteiger partial charge < -0.3 is 14.6 Å². The molecule has 148 valence electrons. The molecule has 1 amide bonds. The van der Waals surface area contributed by atoms with Gasteiger partial charge in [-0.2, -0.15) is 0 Å². The van der Waals surface area contributed by atoms with Crippen LogP contribution in [0.15, 0.2) is 18.2 Å². The molecule has 0 saturated carbocycles. The van der Waals surface area contributed by atoms with E-state index < -0.39 is 51.5 Å². The number of alkyl carbamates (subject to hydrolysis) is 1. The van der Waals surface area contributed by atoms with E-state index in [-0.39, 0.29) is 0 Å². The molecule has 0 aliphatic carbocycles. The summed E-state index contributed by atoms with van der Waals surface area (Å²) in [6.07, 6.45) is -0.652. The summed E-state index contributed by atoms with van der Waals surface area (Å²) in [6.45, 7) is 12.2. The lowest BCUT2D eigenvalue weighted by molar-refractivity contribution is 0.0500. The predicted octanol–water partition coefficient (Wildman–Crippen LogP) is 3.97. The molecule has 3 atom stereocenters. The van der Waals surface area contributed by atoms with E-state index in [1.165, 1.54) is 6.07 Å². The minimum Gasteiger partial charge on any atom is -0.598 e. The van der Waals surface area contributed by atoms with E-state index in [9.17, 15) is 18.1 Å². The first-order chi connectivity index (χ1) is 11.7. The molecule has 0 spiro atoms. The van der Waals surface area contributed by atoms with Gasteiger partial charge in [0.1, 0.15) is 10.3 Å². The summed E-state index contributed by atoms with van der Waals surface area (Å²) in [4.78, 5) is 12.0. The van der Waals surface area contributed by atoms with Crippen LogP contribution >= 0.6 is 0 Å². The van der Waals surface area contributed by atoms with Crippen LogP contribution in [0.25, 0.3) is 0 Å². The summed E-state index contributed by atoms with van der Waals surface area (Å²) >= 11 is -1.49. The third kappa shape index (κ3) is 7.09. The van der Waals surface area contributed by atoms with Crippen LogP contribution in [0.3, 0.4) is 0 Å². The van der Waals surface area contributed by atoms with Gasteiger partial charge in [-0.15, -0.1) is 4.72 Å². The zero-order valence-corrected chi connectivity index (χ0v) is 17.1. The highest BCUT2D eigenvalue weighted by molar-refractivity contribution is 7.90. The normalized spacial score (nSPS) is 15.9. The number of hydrogen-bond donors (Lipinski definition) is 2. The van der Waals surface area contributed by atoms with E-state index in [1.807, 2.05) is 0 Å². The Morgan fingerprint density at radius 3 is 2.19 bits per heavy atom. The van der Waals surface area contributed by atoms with Gasteiger partial charge in [0.25, 0.3) is 0 Å². The number of nitrogens with one attached hydrogen (secondary N) is 2. The Morgan fingerprint density at radius 1 is 1.15 bits per heavy atom. The zero-order chi connectivity index (χ0) is 20.3. The lowest BCUT2D eigenvalue weighted by Gasteiger charge is -2.32. The van der Waals surface area contributed by atoms with E-state index in [4.69, 9.17) is 4.74 Å². The third-order valence-electron chi connectivity index (χ3n) is 3.34. The van der Waals surface area contributed by atoms with E-state index in [0.29, 0.717) is 5.56 Å². The van der Waals surface area contributed by atoms with Crippen LogP contribution in [0.4, 0.5) is 13.6 Å². The van der Waals surface area contributed by atoms with Gasteiger partial charge in [-0.05, 0) is 66.2 Å². The summed E-state index contributed by atoms with van der Waals surface area (Å²) in [5, 5.41) is 2.65. The maximum Gasteiger partial charge on any atom is 0.407 e. The average Bonchev–Trinajstić information content (AvgIpc) is 2.44. The third-order valence-corrected chi connectivity index (χ3v) is 4.92. The summed E-state index contributed by atoms with van der Waals surface area (Å²) in [5.74, 6) is -1.99. The van der Waals surface area contributed by atoms with E-state index in [2.05, 4.69) is 10.0 Å². The molecule has 0 unspecified atom stereocenters. The number of carbonyl (C=O) groups excluding carboxylic acids is 1. The Labute approximate surface area is 157 Å². The number of hydrogen-bond acceptors (Lipinski definition) is 4. The van der Waals surface area contributed by atoms with Crippen LogP contribution in [-0.4, -0.2) is 27.0 Å². The fourth-order valence-electron chi connectivity index (χ4n) is 2.03. The van der Waals surface area contributed by atoms with E-state index in [1.54, 1.807) is 48.5 Å². The van der Waals surface area contributed by atoms with Gasteiger partial charge in [0.05, 0.1) is 12.1 Å². The van der Waals surface area contributed by atoms with Gasteiger partial charge in [-0.25, -0.2) is 13.6 Å². The highest BCUT2D eigenvalue weighted by Gasteiger charge is 2.33. The molecule has 0 bridgehead atoms. The van der Waals surface area contributed by atoms with Crippen LogP contribution in [-0.2, 0) is 16.1 Å². The van der Waals surface area contributed by atoms with Crippen molar-refractivity contribution >= 4 is 17.5 Å². The molecule has 2 N–H and O–H groups in total. The van der Waals surface area contributed by atoms with Gasteiger partial charge in [-0.1, -0.05) is 6.07 Å². The predicted molar refractivity (Wildman–Crippen MR) is 99.0 cm³/mol. The van der Waals surface area contributed by atoms with Crippen LogP contribution in [0.1, 0.15) is 60.1 Å². The Hall–Kier alpha value is -1.38. The number of benzene rings is 1. The smallest absolute Gasteiger partial charge is 0.407 e. The summed E-state index contributed by atoms with van der Waals surface area (Å²) in [6, 6.07) is 2.11. The van der Waals surface area contributed by atoms with Crippen molar-refractivity contribution in [3.05, 3.63) is 35.4 Å². The maximum atomic E-state index is 13.7. The highest BCUT2D eigenvalue weighted by Crippen LogP contribution is 2.24. The minimum absolute atomic E-state index is 0.366. The van der Waals surface area contributed by atoms with E-state index in [0.717, 1.165) is 12.1 Å². The number of ether oxygens (including phenoxy) is 1. The Morgan fingerprint density at radius 2 is 1.73 bits per heavy atom. The molecule has 0 aromatic heterocycles. The van der Waals surface area contributed by atoms with Gasteiger partial charge in [-0.3, -0.25) is 0 Å². The van der Waals surface area contributed by atoms with Crippen molar-refractivity contribution in [2.75, 3.05) is 0 Å². The standard InChI is InChI=1S/C18H28F2N2O3S/c1-11(21-16(23)25-17(2,3)4)15(22-26(24)18(5,6)7)12-8-9-13(19)14(20)10-12/h8-11,15,22H,1-7H3,(H,21,23)/t11-,15-,26+/m0/s1. The topological polar surface area (TPSA) is 73.4 Å². The van der Waals surface area contributed by atoms with Crippen molar-refractivity contribution in [3.63, 3.8) is 0 Å².